The van der Waals surface area contributed by atoms with Gasteiger partial charge in [-0.25, -0.2) is 14.2 Å². The zero-order valence-corrected chi connectivity index (χ0v) is 8.59. The lowest BCUT2D eigenvalue weighted by atomic mass is 10.3. The molecular weight excluding hydrogens is 225 g/mol. The van der Waals surface area contributed by atoms with E-state index in [9.17, 15) is 9.18 Å². The molecule has 0 saturated carbocycles. The largest absolute Gasteiger partial charge is 0.476 e. The number of carboxylic acid groups (broad SMARTS) is 1. The molecule has 0 spiro atoms. The fraction of sp³-hybridized carbons (Fsp3) is 0. The molecule has 0 aliphatic carbocycles. The highest BCUT2D eigenvalue weighted by atomic mass is 19.1. The Balaban J connectivity index is 2.21. The van der Waals surface area contributed by atoms with Crippen LogP contribution in [0.2, 0.25) is 0 Å². The minimum Gasteiger partial charge on any atom is -0.476 e. The standard InChI is InChI=1S/C11H8FN3O2/c12-7-1-3-8(4-2-7)14-10-6-13-5-9(15-10)11(16)17/h1-6H,(H,14,15)(H,16,17). The number of anilines is 2. The van der Waals surface area contributed by atoms with Crippen molar-refractivity contribution >= 4 is 17.5 Å². The molecule has 0 unspecified atom stereocenters. The van der Waals surface area contributed by atoms with Crippen LogP contribution in [0, 0.1) is 5.82 Å². The highest BCUT2D eigenvalue weighted by Crippen LogP contribution is 2.14. The first-order chi connectivity index (χ1) is 8.15. The molecule has 0 aliphatic rings. The summed E-state index contributed by atoms with van der Waals surface area (Å²) in [5.74, 6) is -1.21. The summed E-state index contributed by atoms with van der Waals surface area (Å²) in [6.45, 7) is 0. The van der Waals surface area contributed by atoms with Crippen LogP contribution in [0.15, 0.2) is 36.7 Å². The Morgan fingerprint density at radius 3 is 2.59 bits per heavy atom. The first-order valence-electron chi connectivity index (χ1n) is 4.73. The molecule has 0 atom stereocenters. The second-order valence-electron chi connectivity index (χ2n) is 3.23. The minimum atomic E-state index is -1.15. The second-order valence-corrected chi connectivity index (χ2v) is 3.23. The summed E-state index contributed by atoms with van der Waals surface area (Å²) in [6, 6.07) is 5.61. The van der Waals surface area contributed by atoms with Gasteiger partial charge >= 0.3 is 5.97 Å². The fourth-order valence-electron chi connectivity index (χ4n) is 1.21. The molecule has 0 radical (unpaired) electrons. The quantitative estimate of drug-likeness (QED) is 0.848. The van der Waals surface area contributed by atoms with Gasteiger partial charge in [-0.2, -0.15) is 0 Å². The van der Waals surface area contributed by atoms with Crippen LogP contribution in [0.4, 0.5) is 15.9 Å². The number of hydrogen-bond donors (Lipinski definition) is 2. The van der Waals surface area contributed by atoms with Crippen molar-refractivity contribution in [3.05, 3.63) is 48.2 Å². The Labute approximate surface area is 96.0 Å². The van der Waals surface area contributed by atoms with Crippen LogP contribution in [0.25, 0.3) is 0 Å². The van der Waals surface area contributed by atoms with E-state index in [2.05, 4.69) is 15.3 Å². The molecule has 0 fully saturated rings. The molecule has 2 rings (SSSR count). The van der Waals surface area contributed by atoms with E-state index < -0.39 is 5.97 Å². The van der Waals surface area contributed by atoms with Crippen molar-refractivity contribution in [1.29, 1.82) is 0 Å². The number of nitrogens with zero attached hydrogens (tertiary/aromatic N) is 2. The molecule has 6 heteroatoms. The van der Waals surface area contributed by atoms with Gasteiger partial charge in [0.1, 0.15) is 11.6 Å². The smallest absolute Gasteiger partial charge is 0.356 e. The lowest BCUT2D eigenvalue weighted by Gasteiger charge is -2.05. The Kier molecular flexibility index (Phi) is 2.95. The van der Waals surface area contributed by atoms with Crippen molar-refractivity contribution in [2.24, 2.45) is 0 Å². The number of rotatable bonds is 3. The van der Waals surface area contributed by atoms with E-state index in [1.54, 1.807) is 0 Å². The highest BCUT2D eigenvalue weighted by molar-refractivity contribution is 5.85. The molecule has 0 bridgehead atoms. The number of aromatic carboxylic acids is 1. The average molecular weight is 233 g/mol. The van der Waals surface area contributed by atoms with Gasteiger partial charge in [0, 0.05) is 5.69 Å². The predicted octanol–water partition coefficient (Wildman–Crippen LogP) is 2.06. The normalized spacial score (nSPS) is 9.94. The van der Waals surface area contributed by atoms with Gasteiger partial charge in [0.2, 0.25) is 0 Å². The number of nitrogens with one attached hydrogen (secondary N) is 1. The van der Waals surface area contributed by atoms with E-state index in [-0.39, 0.29) is 17.3 Å². The molecule has 1 heterocycles. The monoisotopic (exact) mass is 233 g/mol. The molecule has 1 aromatic carbocycles. The first kappa shape index (κ1) is 11.0. The summed E-state index contributed by atoms with van der Waals surface area (Å²) in [5, 5.41) is 11.6. The van der Waals surface area contributed by atoms with E-state index in [0.717, 1.165) is 6.20 Å². The van der Waals surface area contributed by atoms with E-state index in [0.29, 0.717) is 5.69 Å². The van der Waals surface area contributed by atoms with Crippen molar-refractivity contribution in [3.63, 3.8) is 0 Å². The van der Waals surface area contributed by atoms with Gasteiger partial charge in [-0.15, -0.1) is 0 Å². The summed E-state index contributed by atoms with van der Waals surface area (Å²) < 4.78 is 12.7. The van der Waals surface area contributed by atoms with Crippen LogP contribution < -0.4 is 5.32 Å². The van der Waals surface area contributed by atoms with Crippen molar-refractivity contribution < 1.29 is 14.3 Å². The van der Waals surface area contributed by atoms with Crippen LogP contribution in [-0.4, -0.2) is 21.0 Å². The molecule has 2 aromatic rings. The second kappa shape index (κ2) is 4.56. The third kappa shape index (κ3) is 2.75. The number of hydrogen-bond acceptors (Lipinski definition) is 4. The van der Waals surface area contributed by atoms with E-state index in [4.69, 9.17) is 5.11 Å². The number of benzene rings is 1. The number of carboxylic acids is 1. The van der Waals surface area contributed by atoms with Gasteiger partial charge in [-0.05, 0) is 24.3 Å². The van der Waals surface area contributed by atoms with Gasteiger partial charge in [-0.3, -0.25) is 4.98 Å². The maximum atomic E-state index is 12.7. The fourth-order valence-corrected chi connectivity index (χ4v) is 1.21. The molecule has 0 saturated heterocycles. The Bertz CT molecular complexity index is 543. The average Bonchev–Trinajstić information content (AvgIpc) is 2.32. The number of halogens is 1. The Hall–Kier alpha value is -2.50. The minimum absolute atomic E-state index is 0.155. The maximum absolute atomic E-state index is 12.7. The van der Waals surface area contributed by atoms with Crippen LogP contribution in [-0.2, 0) is 0 Å². The molecule has 0 aliphatic heterocycles. The van der Waals surface area contributed by atoms with E-state index in [1.165, 1.54) is 30.5 Å². The summed E-state index contributed by atoms with van der Waals surface area (Å²) in [5.41, 5.74) is 0.445. The zero-order valence-electron chi connectivity index (χ0n) is 8.59. The van der Waals surface area contributed by atoms with E-state index in [1.807, 2.05) is 0 Å². The van der Waals surface area contributed by atoms with Gasteiger partial charge < -0.3 is 10.4 Å². The Morgan fingerprint density at radius 2 is 1.94 bits per heavy atom. The lowest BCUT2D eigenvalue weighted by Crippen LogP contribution is -2.03. The van der Waals surface area contributed by atoms with Crippen molar-refractivity contribution in [3.8, 4) is 0 Å². The van der Waals surface area contributed by atoms with Crippen molar-refractivity contribution in [2.75, 3.05) is 5.32 Å². The Morgan fingerprint density at radius 1 is 1.24 bits per heavy atom. The predicted molar refractivity (Wildman–Crippen MR) is 58.7 cm³/mol. The maximum Gasteiger partial charge on any atom is 0.356 e. The molecule has 5 nitrogen and oxygen atoms in total. The summed E-state index contributed by atoms with van der Waals surface area (Å²) in [7, 11) is 0. The SMILES string of the molecule is O=C(O)c1cncc(Nc2ccc(F)cc2)n1. The molecule has 1 aromatic heterocycles. The van der Waals surface area contributed by atoms with Gasteiger partial charge in [0.25, 0.3) is 0 Å². The van der Waals surface area contributed by atoms with Gasteiger partial charge in [0.15, 0.2) is 5.69 Å². The zero-order chi connectivity index (χ0) is 12.3. The van der Waals surface area contributed by atoms with Crippen LogP contribution in [0.3, 0.4) is 0 Å². The van der Waals surface area contributed by atoms with Crippen molar-refractivity contribution in [2.45, 2.75) is 0 Å². The third-order valence-electron chi connectivity index (χ3n) is 1.97. The van der Waals surface area contributed by atoms with Gasteiger partial charge in [0.05, 0.1) is 12.4 Å². The topological polar surface area (TPSA) is 75.1 Å². The van der Waals surface area contributed by atoms with Crippen LogP contribution >= 0.6 is 0 Å². The van der Waals surface area contributed by atoms with Crippen molar-refractivity contribution in [1.82, 2.24) is 9.97 Å². The lowest BCUT2D eigenvalue weighted by molar-refractivity contribution is 0.0690. The molecule has 86 valence electrons. The first-order valence-corrected chi connectivity index (χ1v) is 4.73. The molecule has 0 amide bonds. The summed E-state index contributed by atoms with van der Waals surface area (Å²) in [6.07, 6.45) is 2.54. The number of aromatic nitrogens is 2. The van der Waals surface area contributed by atoms with Crippen LogP contribution in [0.1, 0.15) is 10.5 Å². The molecule has 2 N–H and O–H groups in total. The molecular formula is C11H8FN3O2. The number of carbonyl (C=O) groups is 1. The highest BCUT2D eigenvalue weighted by Gasteiger charge is 2.06. The van der Waals surface area contributed by atoms with Gasteiger partial charge in [-0.1, -0.05) is 0 Å². The summed E-state index contributed by atoms with van der Waals surface area (Å²) >= 11 is 0. The van der Waals surface area contributed by atoms with E-state index >= 15 is 0 Å². The third-order valence-corrected chi connectivity index (χ3v) is 1.97. The van der Waals surface area contributed by atoms with Crippen LogP contribution in [0.5, 0.6) is 0 Å². The summed E-state index contributed by atoms with van der Waals surface area (Å²) in [4.78, 5) is 18.2. The molecule has 17 heavy (non-hydrogen) atoms.